The number of anilines is 1. The number of carbonyl (C=O) groups is 1. The van der Waals surface area contributed by atoms with E-state index >= 15 is 0 Å². The number of fused-ring (bicyclic) bond motifs is 1. The van der Waals surface area contributed by atoms with Gasteiger partial charge in [0, 0.05) is 12.4 Å². The molecule has 0 amide bonds. The molecule has 6 nitrogen and oxygen atoms in total. The molecule has 1 aromatic carbocycles. The SMILES string of the molecule is Cc1ccc(CN2c3ccsc3C(=O)/C(=C/NCc3ccccn3)S2(=O)=O)cc1. The number of sulfonamides is 1. The van der Waals surface area contributed by atoms with E-state index in [2.05, 4.69) is 10.3 Å². The number of aryl methyl sites for hydroxylation is 1. The van der Waals surface area contributed by atoms with Crippen LogP contribution in [0, 0.1) is 6.92 Å². The number of nitrogens with one attached hydrogen (secondary N) is 1. The minimum absolute atomic E-state index is 0.164. The molecule has 148 valence electrons. The van der Waals surface area contributed by atoms with Gasteiger partial charge in [-0.2, -0.15) is 0 Å². The van der Waals surface area contributed by atoms with E-state index in [-0.39, 0.29) is 11.4 Å². The molecule has 1 aliphatic rings. The predicted octanol–water partition coefficient (Wildman–Crippen LogP) is 3.62. The summed E-state index contributed by atoms with van der Waals surface area (Å²) in [7, 11) is -3.99. The summed E-state index contributed by atoms with van der Waals surface area (Å²) in [5.74, 6) is -0.483. The number of aromatic nitrogens is 1. The van der Waals surface area contributed by atoms with Crippen molar-refractivity contribution in [3.05, 3.63) is 92.9 Å². The highest BCUT2D eigenvalue weighted by Gasteiger charge is 2.41. The normalized spacial score (nSPS) is 16.7. The number of hydrogen-bond donors (Lipinski definition) is 1. The van der Waals surface area contributed by atoms with E-state index in [1.54, 1.807) is 23.7 Å². The third-order valence-corrected chi connectivity index (χ3v) is 7.27. The van der Waals surface area contributed by atoms with Gasteiger partial charge in [-0.15, -0.1) is 11.3 Å². The molecule has 0 saturated carbocycles. The Morgan fingerprint density at radius 2 is 1.93 bits per heavy atom. The van der Waals surface area contributed by atoms with Gasteiger partial charge in [-0.05, 0) is 36.1 Å². The second-order valence-electron chi connectivity index (χ2n) is 6.67. The van der Waals surface area contributed by atoms with Crippen molar-refractivity contribution < 1.29 is 13.2 Å². The maximum Gasteiger partial charge on any atom is 0.270 e. The molecule has 2 aromatic heterocycles. The first-order valence-corrected chi connectivity index (χ1v) is 11.3. The summed E-state index contributed by atoms with van der Waals surface area (Å²) in [5, 5.41) is 4.67. The van der Waals surface area contributed by atoms with E-state index in [0.29, 0.717) is 17.1 Å². The smallest absolute Gasteiger partial charge is 0.270 e. The first-order valence-electron chi connectivity index (χ1n) is 9.01. The Balaban J connectivity index is 1.67. The summed E-state index contributed by atoms with van der Waals surface area (Å²) >= 11 is 1.25. The van der Waals surface area contributed by atoms with Gasteiger partial charge >= 0.3 is 0 Å². The van der Waals surface area contributed by atoms with Gasteiger partial charge in [0.05, 0.1) is 24.5 Å². The molecule has 0 unspecified atom stereocenters. The fourth-order valence-electron chi connectivity index (χ4n) is 3.07. The van der Waals surface area contributed by atoms with Gasteiger partial charge in [0.15, 0.2) is 4.91 Å². The van der Waals surface area contributed by atoms with Crippen LogP contribution in [0.15, 0.2) is 71.2 Å². The third kappa shape index (κ3) is 3.81. The molecule has 0 bridgehead atoms. The molecule has 29 heavy (non-hydrogen) atoms. The number of rotatable bonds is 5. The molecule has 1 aliphatic heterocycles. The largest absolute Gasteiger partial charge is 0.384 e. The topological polar surface area (TPSA) is 79.4 Å². The van der Waals surface area contributed by atoms with Crippen LogP contribution in [-0.2, 0) is 23.1 Å². The van der Waals surface area contributed by atoms with Gasteiger partial charge in [-0.1, -0.05) is 35.9 Å². The highest BCUT2D eigenvalue weighted by atomic mass is 32.2. The monoisotopic (exact) mass is 425 g/mol. The van der Waals surface area contributed by atoms with E-state index in [4.69, 9.17) is 0 Å². The zero-order valence-corrected chi connectivity index (χ0v) is 17.3. The molecular formula is C21H19N3O3S2. The second-order valence-corrected chi connectivity index (χ2v) is 9.42. The summed E-state index contributed by atoms with van der Waals surface area (Å²) in [6.07, 6.45) is 2.95. The lowest BCUT2D eigenvalue weighted by Crippen LogP contribution is -2.38. The fourth-order valence-corrected chi connectivity index (χ4v) is 5.57. The maximum atomic E-state index is 13.3. The van der Waals surface area contributed by atoms with Gasteiger partial charge in [-0.3, -0.25) is 14.1 Å². The second kappa shape index (κ2) is 7.81. The Bertz CT molecular complexity index is 1170. The number of hydrogen-bond acceptors (Lipinski definition) is 6. The minimum atomic E-state index is -3.99. The van der Waals surface area contributed by atoms with Crippen LogP contribution in [0.5, 0.6) is 0 Å². The van der Waals surface area contributed by atoms with Gasteiger partial charge in [0.2, 0.25) is 5.78 Å². The molecule has 0 fully saturated rings. The number of carbonyl (C=O) groups excluding carboxylic acids is 1. The Labute approximate surface area is 173 Å². The molecular weight excluding hydrogens is 406 g/mol. The number of nitrogens with zero attached hydrogens (tertiary/aromatic N) is 2. The first-order chi connectivity index (χ1) is 14.0. The zero-order chi connectivity index (χ0) is 20.4. The van der Waals surface area contributed by atoms with Crippen molar-refractivity contribution in [3.63, 3.8) is 0 Å². The Morgan fingerprint density at radius 1 is 1.14 bits per heavy atom. The van der Waals surface area contributed by atoms with Crippen molar-refractivity contribution in [3.8, 4) is 0 Å². The summed E-state index contributed by atoms with van der Waals surface area (Å²) in [5.41, 5.74) is 3.13. The van der Waals surface area contributed by atoms with Crippen molar-refractivity contribution in [1.82, 2.24) is 10.3 Å². The predicted molar refractivity (Wildman–Crippen MR) is 114 cm³/mol. The average molecular weight is 426 g/mol. The molecule has 4 rings (SSSR count). The summed E-state index contributed by atoms with van der Waals surface area (Å²) in [6.45, 7) is 2.46. The average Bonchev–Trinajstić information content (AvgIpc) is 3.20. The van der Waals surface area contributed by atoms with Crippen LogP contribution in [0.25, 0.3) is 0 Å². The van der Waals surface area contributed by atoms with E-state index in [9.17, 15) is 13.2 Å². The standard InChI is InChI=1S/C21H19N3O3S2/c1-15-5-7-16(8-6-15)14-24-18-9-11-28-21(18)20(25)19(29(24,26)27)13-22-12-17-4-2-3-10-23-17/h2-11,13,22H,12,14H2,1H3/b19-13-. The van der Waals surface area contributed by atoms with Crippen LogP contribution in [0.1, 0.15) is 26.5 Å². The number of benzene rings is 1. The van der Waals surface area contributed by atoms with Crippen LogP contribution in [0.4, 0.5) is 5.69 Å². The molecule has 0 saturated heterocycles. The van der Waals surface area contributed by atoms with Crippen LogP contribution in [-0.4, -0.2) is 19.2 Å². The minimum Gasteiger partial charge on any atom is -0.384 e. The maximum absolute atomic E-state index is 13.3. The number of thiophene rings is 1. The van der Waals surface area contributed by atoms with Crippen molar-refractivity contribution in [2.24, 2.45) is 0 Å². The van der Waals surface area contributed by atoms with Gasteiger partial charge in [0.1, 0.15) is 4.88 Å². The number of ketones is 1. The highest BCUT2D eigenvalue weighted by Crippen LogP contribution is 2.39. The van der Waals surface area contributed by atoms with Gasteiger partial charge < -0.3 is 5.32 Å². The lowest BCUT2D eigenvalue weighted by atomic mass is 10.1. The van der Waals surface area contributed by atoms with Crippen LogP contribution in [0.2, 0.25) is 0 Å². The molecule has 3 heterocycles. The molecule has 3 aromatic rings. The van der Waals surface area contributed by atoms with Crippen LogP contribution in [0.3, 0.4) is 0 Å². The number of allylic oxidation sites excluding steroid dienone is 1. The zero-order valence-electron chi connectivity index (χ0n) is 15.7. The molecule has 0 spiro atoms. The van der Waals surface area contributed by atoms with E-state index in [0.717, 1.165) is 16.8 Å². The first kappa shape index (κ1) is 19.4. The quantitative estimate of drug-likeness (QED) is 0.632. The third-order valence-electron chi connectivity index (χ3n) is 4.60. The van der Waals surface area contributed by atoms with Crippen LogP contribution >= 0.6 is 11.3 Å². The van der Waals surface area contributed by atoms with Crippen molar-refractivity contribution in [2.75, 3.05) is 4.31 Å². The van der Waals surface area contributed by atoms with Crippen molar-refractivity contribution >= 4 is 32.8 Å². The summed E-state index contributed by atoms with van der Waals surface area (Å²) in [4.78, 5) is 17.2. The van der Waals surface area contributed by atoms with Crippen LogP contribution < -0.4 is 9.62 Å². The summed E-state index contributed by atoms with van der Waals surface area (Å²) < 4.78 is 27.9. The van der Waals surface area contributed by atoms with Gasteiger partial charge in [-0.25, -0.2) is 8.42 Å². The van der Waals surface area contributed by atoms with Gasteiger partial charge in [0.25, 0.3) is 10.0 Å². The van der Waals surface area contributed by atoms with E-state index < -0.39 is 15.8 Å². The highest BCUT2D eigenvalue weighted by molar-refractivity contribution is 7.97. The Kier molecular flexibility index (Phi) is 5.21. The Hall–Kier alpha value is -2.97. The lowest BCUT2D eigenvalue weighted by molar-refractivity contribution is 0.104. The molecule has 1 N–H and O–H groups in total. The van der Waals surface area contributed by atoms with Crippen molar-refractivity contribution in [1.29, 1.82) is 0 Å². The molecule has 0 aliphatic carbocycles. The van der Waals surface area contributed by atoms with E-state index in [1.807, 2.05) is 43.3 Å². The lowest BCUT2D eigenvalue weighted by Gasteiger charge is -2.29. The Morgan fingerprint density at radius 3 is 2.66 bits per heavy atom. The number of pyridine rings is 1. The molecule has 0 atom stereocenters. The summed E-state index contributed by atoms with van der Waals surface area (Å²) in [6, 6.07) is 14.8. The number of Topliss-reactive ketones (excluding diaryl/α,β-unsaturated/α-hetero) is 1. The fraction of sp³-hybridized carbons (Fsp3) is 0.143. The van der Waals surface area contributed by atoms with E-state index in [1.165, 1.54) is 21.8 Å². The molecule has 0 radical (unpaired) electrons. The molecule has 8 heteroatoms. The van der Waals surface area contributed by atoms with Crippen molar-refractivity contribution in [2.45, 2.75) is 20.0 Å².